The largest absolute Gasteiger partial charge is 0.470 e. The van der Waals surface area contributed by atoms with Crippen LogP contribution in [0.5, 0.6) is 5.88 Å². The number of rotatable bonds is 23. The minimum atomic E-state index is -1.63. The Kier molecular flexibility index (Phi) is 21.9. The van der Waals surface area contributed by atoms with E-state index in [0.29, 0.717) is 32.1 Å². The molecule has 0 saturated carbocycles. The number of anilines is 1. The van der Waals surface area contributed by atoms with Gasteiger partial charge in [0.2, 0.25) is 5.82 Å². The summed E-state index contributed by atoms with van der Waals surface area (Å²) < 4.78 is 64.8. The summed E-state index contributed by atoms with van der Waals surface area (Å²) in [7, 11) is 0. The molecule has 1 fully saturated rings. The first-order valence-corrected chi connectivity index (χ1v) is 20.8. The molecule has 0 radical (unpaired) electrons. The lowest BCUT2D eigenvalue weighted by atomic mass is 10.1. The number of hydrogen-bond donors (Lipinski definition) is 0. The van der Waals surface area contributed by atoms with Gasteiger partial charge in [-0.3, -0.25) is 14.4 Å². The zero-order valence-corrected chi connectivity index (χ0v) is 38.8. The molecule has 364 valence electrons. The molecule has 2 rings (SSSR count). The lowest BCUT2D eigenvalue weighted by Crippen LogP contribution is -2.52. The Bertz CT molecular complexity index is 1860. The Labute approximate surface area is 378 Å². The van der Waals surface area contributed by atoms with E-state index in [1.165, 1.54) is 18.7 Å². The van der Waals surface area contributed by atoms with Crippen molar-refractivity contribution in [2.24, 2.45) is 0 Å². The van der Waals surface area contributed by atoms with Crippen LogP contribution >= 0.6 is 11.7 Å². The zero-order chi connectivity index (χ0) is 49.2. The van der Waals surface area contributed by atoms with E-state index in [-0.39, 0.29) is 19.0 Å². The Balaban J connectivity index is 2.05. The van der Waals surface area contributed by atoms with Gasteiger partial charge in [-0.15, -0.1) is 4.37 Å². The van der Waals surface area contributed by atoms with E-state index >= 15 is 0 Å². The molecule has 1 aliphatic rings. The molecule has 7 atom stereocenters. The monoisotopic (exact) mass is 948 g/mol. The lowest BCUT2D eigenvalue weighted by Gasteiger charge is -2.37. The smallest absolute Gasteiger partial charge is 0.347 e. The minimum Gasteiger partial charge on any atom is -0.470 e. The maximum Gasteiger partial charge on any atom is 0.347 e. The second-order valence-corrected chi connectivity index (χ2v) is 15.7. The lowest BCUT2D eigenvalue weighted by molar-refractivity contribution is -0.186. The number of carbonyl (C=O) groups is 10. The van der Waals surface area contributed by atoms with Gasteiger partial charge in [0.15, 0.2) is 55.9 Å². The van der Waals surface area contributed by atoms with Crippen LogP contribution in [0.3, 0.4) is 0 Å². The maximum atomic E-state index is 13.6. The van der Waals surface area contributed by atoms with Crippen molar-refractivity contribution in [2.45, 2.75) is 124 Å². The van der Waals surface area contributed by atoms with Crippen molar-refractivity contribution in [1.29, 1.82) is 0 Å². The van der Waals surface area contributed by atoms with Crippen LogP contribution in [0.1, 0.15) is 76.2 Å². The quantitative estimate of drug-likeness (QED) is 0.103. The van der Waals surface area contributed by atoms with Gasteiger partial charge in [-0.1, -0.05) is 0 Å². The molecule has 26 heteroatoms. The van der Waals surface area contributed by atoms with Crippen LogP contribution < -0.4 is 9.64 Å². The van der Waals surface area contributed by atoms with Gasteiger partial charge in [0.1, 0.15) is 6.61 Å². The number of amides is 1. The van der Waals surface area contributed by atoms with Crippen LogP contribution in [0.15, 0.2) is 0 Å². The van der Waals surface area contributed by atoms with Crippen molar-refractivity contribution in [2.75, 3.05) is 57.6 Å². The van der Waals surface area contributed by atoms with Gasteiger partial charge in [0, 0.05) is 32.5 Å². The second kappa shape index (κ2) is 25.9. The Morgan fingerprint density at radius 3 is 1.48 bits per heavy atom. The third kappa shape index (κ3) is 19.2. The summed E-state index contributed by atoms with van der Waals surface area (Å²) in [5, 5.41) is 0. The SMILES string of the molecule is CC(=O)OC(C)C(=O)OCC(=O)O[C@H](COc1nsnc1N1CCOCC1)CN(C(=O)COC(=O)C(C)OC(=O)C(C)OC(=O)C(C)OC(=O)C(C)OC(=O)C(C)OC(C)=O)C(C)(C)C. The molecule has 0 N–H and O–H groups in total. The highest BCUT2D eigenvalue weighted by Gasteiger charge is 2.35. The molecule has 65 heavy (non-hydrogen) atoms. The van der Waals surface area contributed by atoms with Crippen molar-refractivity contribution in [3.8, 4) is 5.88 Å². The molecule has 2 heterocycles. The summed E-state index contributed by atoms with van der Waals surface area (Å²) in [6, 6.07) is 0. The van der Waals surface area contributed by atoms with Gasteiger partial charge in [0.25, 0.3) is 11.8 Å². The molecule has 1 amide bonds. The fourth-order valence-corrected chi connectivity index (χ4v) is 5.67. The molecule has 6 unspecified atom stereocenters. The third-order valence-electron chi connectivity index (χ3n) is 8.47. The summed E-state index contributed by atoms with van der Waals surface area (Å²) >= 11 is 0.879. The van der Waals surface area contributed by atoms with Crippen molar-refractivity contribution < 1.29 is 100 Å². The van der Waals surface area contributed by atoms with Crippen molar-refractivity contribution in [1.82, 2.24) is 13.6 Å². The first kappa shape index (κ1) is 55.0. The molecule has 25 nitrogen and oxygen atoms in total. The van der Waals surface area contributed by atoms with Crippen LogP contribution in [0.4, 0.5) is 5.82 Å². The van der Waals surface area contributed by atoms with E-state index in [1.807, 2.05) is 4.90 Å². The molecule has 0 aromatic carbocycles. The number of nitrogens with zero attached hydrogens (tertiary/aromatic N) is 4. The highest BCUT2D eigenvalue weighted by atomic mass is 32.1. The van der Waals surface area contributed by atoms with Gasteiger partial charge < -0.3 is 61.9 Å². The van der Waals surface area contributed by atoms with Gasteiger partial charge >= 0.3 is 53.7 Å². The molecule has 0 aliphatic carbocycles. The van der Waals surface area contributed by atoms with Crippen LogP contribution in [0.25, 0.3) is 0 Å². The Hall–Kier alpha value is -6.18. The summed E-state index contributed by atoms with van der Waals surface area (Å²) in [6.45, 7) is 13.4. The minimum absolute atomic E-state index is 0.117. The van der Waals surface area contributed by atoms with Gasteiger partial charge in [0.05, 0.1) is 31.5 Å². The third-order valence-corrected chi connectivity index (χ3v) is 8.98. The van der Waals surface area contributed by atoms with Gasteiger partial charge in [-0.25, -0.2) is 33.6 Å². The highest BCUT2D eigenvalue weighted by molar-refractivity contribution is 6.99. The topological polar surface area (TPSA) is 304 Å². The predicted molar refractivity (Wildman–Crippen MR) is 216 cm³/mol. The van der Waals surface area contributed by atoms with E-state index in [4.69, 9.17) is 47.4 Å². The van der Waals surface area contributed by atoms with Crippen LogP contribution in [-0.4, -0.2) is 174 Å². The van der Waals surface area contributed by atoms with Crippen molar-refractivity contribution >= 4 is 77.2 Å². The van der Waals surface area contributed by atoms with Crippen LogP contribution in [0, 0.1) is 0 Å². The second-order valence-electron chi connectivity index (χ2n) is 15.1. The summed E-state index contributed by atoms with van der Waals surface area (Å²) in [4.78, 5) is 127. The molecular formula is C39H56N4O21S. The first-order valence-electron chi connectivity index (χ1n) is 20.1. The normalized spacial score (nSPS) is 15.7. The molecule has 1 aromatic heterocycles. The van der Waals surface area contributed by atoms with Crippen LogP contribution in [-0.2, 0) is 95.3 Å². The fraction of sp³-hybridized carbons (Fsp3) is 0.692. The van der Waals surface area contributed by atoms with E-state index in [0.717, 1.165) is 53.3 Å². The Morgan fingerprint density at radius 2 is 1.03 bits per heavy atom. The Morgan fingerprint density at radius 1 is 0.615 bits per heavy atom. The maximum absolute atomic E-state index is 13.6. The van der Waals surface area contributed by atoms with E-state index in [9.17, 15) is 47.9 Å². The summed E-state index contributed by atoms with van der Waals surface area (Å²) in [5.41, 5.74) is -1.00. The van der Waals surface area contributed by atoms with E-state index in [2.05, 4.69) is 13.5 Å². The first-order chi connectivity index (χ1) is 30.3. The molecule has 0 bridgehead atoms. The average molecular weight is 949 g/mol. The predicted octanol–water partition coefficient (Wildman–Crippen LogP) is 0.00880. The molecular weight excluding hydrogens is 893 g/mol. The summed E-state index contributed by atoms with van der Waals surface area (Å²) in [5.74, 6) is -9.62. The standard InChI is InChI=1S/C39H56N4O21S/c1-20(58-26(7)44)33(48)57-19-30(47)64-28(17-55-32-31(40-65-41-32)42-12-14-54-15-13-42)16-43(39(9,10)11)29(46)18-56-34(49)21(2)60-36(51)23(4)62-38(53)25(6)63-37(52)24(5)61-35(50)22(3)59-27(8)45/h20-25,28H,12-19H2,1-11H3/t20?,21?,22?,23?,24?,25?,28-/m0/s1. The molecule has 1 saturated heterocycles. The highest BCUT2D eigenvalue weighted by Crippen LogP contribution is 2.27. The van der Waals surface area contributed by atoms with Crippen molar-refractivity contribution in [3.05, 3.63) is 0 Å². The van der Waals surface area contributed by atoms with Crippen molar-refractivity contribution in [3.63, 3.8) is 0 Å². The van der Waals surface area contributed by atoms with E-state index in [1.54, 1.807) is 20.8 Å². The molecule has 1 aromatic rings. The average Bonchev–Trinajstić information content (AvgIpc) is 3.70. The number of aromatic nitrogens is 2. The number of esters is 9. The summed E-state index contributed by atoms with van der Waals surface area (Å²) in [6.07, 6.45) is -10.3. The number of ether oxygens (including phenoxy) is 11. The van der Waals surface area contributed by atoms with Gasteiger partial charge in [-0.05, 0) is 62.3 Å². The zero-order valence-electron chi connectivity index (χ0n) is 38.0. The number of morpholine rings is 1. The molecule has 1 aliphatic heterocycles. The fourth-order valence-electron chi connectivity index (χ4n) is 5.15. The van der Waals surface area contributed by atoms with E-state index < -0.39 is 121 Å². The number of carbonyl (C=O) groups excluding carboxylic acids is 10. The van der Waals surface area contributed by atoms with Crippen LogP contribution in [0.2, 0.25) is 0 Å². The molecule has 0 spiro atoms. The van der Waals surface area contributed by atoms with Gasteiger partial charge in [-0.2, -0.15) is 4.37 Å². The number of hydrogen-bond acceptors (Lipinski definition) is 25.